The van der Waals surface area contributed by atoms with Gasteiger partial charge in [0.15, 0.2) is 5.96 Å². The van der Waals surface area contributed by atoms with Crippen LogP contribution in [0, 0.1) is 0 Å². The van der Waals surface area contributed by atoms with Gasteiger partial charge in [0.05, 0.1) is 0 Å². The molecule has 0 aliphatic carbocycles. The molecule has 2 saturated heterocycles. The Morgan fingerprint density at radius 2 is 1.80 bits per heavy atom. The van der Waals surface area contributed by atoms with Crippen LogP contribution in [0.3, 0.4) is 0 Å². The predicted octanol–water partition coefficient (Wildman–Crippen LogP) is 3.01. The molecule has 6 nitrogen and oxygen atoms in total. The Kier molecular flexibility index (Phi) is 7.19. The van der Waals surface area contributed by atoms with Gasteiger partial charge in [-0.25, -0.2) is 4.98 Å². The molecule has 0 unspecified atom stereocenters. The average molecular weight is 407 g/mol. The van der Waals surface area contributed by atoms with E-state index in [1.165, 1.54) is 24.0 Å². The van der Waals surface area contributed by atoms with Gasteiger partial charge in [-0.05, 0) is 48.9 Å². The summed E-state index contributed by atoms with van der Waals surface area (Å²) in [5.41, 5.74) is 2.64. The molecular formula is C24H34N6. The van der Waals surface area contributed by atoms with E-state index in [0.29, 0.717) is 6.04 Å². The quantitative estimate of drug-likeness (QED) is 0.571. The summed E-state index contributed by atoms with van der Waals surface area (Å²) in [7, 11) is 1.85. The van der Waals surface area contributed by atoms with Crippen molar-refractivity contribution < 1.29 is 0 Å². The molecule has 160 valence electrons. The first-order valence-electron chi connectivity index (χ1n) is 11.2. The fourth-order valence-electron chi connectivity index (χ4n) is 4.34. The Morgan fingerprint density at radius 3 is 2.53 bits per heavy atom. The number of hydrogen-bond donors (Lipinski definition) is 2. The number of piperidine rings is 1. The number of nitrogens with one attached hydrogen (secondary N) is 2. The van der Waals surface area contributed by atoms with E-state index in [1.54, 1.807) is 0 Å². The maximum Gasteiger partial charge on any atom is 0.191 e. The second-order valence-electron chi connectivity index (χ2n) is 8.32. The molecule has 0 saturated carbocycles. The van der Waals surface area contributed by atoms with Gasteiger partial charge in [0.25, 0.3) is 0 Å². The largest absolute Gasteiger partial charge is 0.357 e. The molecule has 0 bridgehead atoms. The highest BCUT2D eigenvalue weighted by atomic mass is 15.2. The van der Waals surface area contributed by atoms with Crippen molar-refractivity contribution >= 4 is 11.8 Å². The number of benzene rings is 1. The molecule has 2 N–H and O–H groups in total. The number of rotatable bonds is 6. The van der Waals surface area contributed by atoms with E-state index < -0.39 is 0 Å². The molecule has 2 aliphatic heterocycles. The van der Waals surface area contributed by atoms with Crippen LogP contribution in [0.1, 0.15) is 36.8 Å². The lowest BCUT2D eigenvalue weighted by Gasteiger charge is -2.33. The average Bonchev–Trinajstić information content (AvgIpc) is 3.34. The molecule has 3 heterocycles. The first-order chi connectivity index (χ1) is 14.8. The van der Waals surface area contributed by atoms with Crippen molar-refractivity contribution in [2.75, 3.05) is 38.1 Å². The summed E-state index contributed by atoms with van der Waals surface area (Å²) in [4.78, 5) is 13.9. The van der Waals surface area contributed by atoms with Gasteiger partial charge in [0, 0.05) is 58.6 Å². The lowest BCUT2D eigenvalue weighted by molar-refractivity contribution is 0.198. The lowest BCUT2D eigenvalue weighted by atomic mass is 10.0. The maximum absolute atomic E-state index is 4.55. The molecule has 0 spiro atoms. The molecule has 2 aliphatic rings. The fraction of sp³-hybridized carbons (Fsp3) is 0.500. The van der Waals surface area contributed by atoms with Crippen molar-refractivity contribution in [1.82, 2.24) is 20.5 Å². The van der Waals surface area contributed by atoms with Crippen LogP contribution in [0.5, 0.6) is 0 Å². The highest BCUT2D eigenvalue weighted by Gasteiger charge is 2.20. The van der Waals surface area contributed by atoms with Crippen LogP contribution in [-0.4, -0.2) is 55.1 Å². The molecule has 0 radical (unpaired) electrons. The Balaban J connectivity index is 1.22. The summed E-state index contributed by atoms with van der Waals surface area (Å²) in [5, 5.41) is 7.10. The third-order valence-electron chi connectivity index (χ3n) is 6.10. The van der Waals surface area contributed by atoms with Gasteiger partial charge in [0.2, 0.25) is 0 Å². The maximum atomic E-state index is 4.55. The highest BCUT2D eigenvalue weighted by molar-refractivity contribution is 5.80. The molecule has 0 amide bonds. The van der Waals surface area contributed by atoms with E-state index in [-0.39, 0.29) is 0 Å². The van der Waals surface area contributed by atoms with E-state index in [4.69, 9.17) is 0 Å². The minimum Gasteiger partial charge on any atom is -0.357 e. The normalized spacial score (nSPS) is 18.6. The van der Waals surface area contributed by atoms with Gasteiger partial charge < -0.3 is 15.5 Å². The summed E-state index contributed by atoms with van der Waals surface area (Å²) in [6, 6.07) is 15.5. The van der Waals surface area contributed by atoms with Gasteiger partial charge in [-0.3, -0.25) is 9.89 Å². The Morgan fingerprint density at radius 1 is 1.03 bits per heavy atom. The Hall–Kier alpha value is -2.60. The van der Waals surface area contributed by atoms with Crippen molar-refractivity contribution in [3.63, 3.8) is 0 Å². The zero-order valence-electron chi connectivity index (χ0n) is 18.1. The fourth-order valence-corrected chi connectivity index (χ4v) is 4.34. The zero-order chi connectivity index (χ0) is 20.6. The van der Waals surface area contributed by atoms with Crippen LogP contribution in [-0.2, 0) is 13.1 Å². The number of aliphatic imine (C=N–C) groups is 1. The Bertz CT molecular complexity index is 807. The van der Waals surface area contributed by atoms with Crippen LogP contribution in [0.15, 0.2) is 53.7 Å². The minimum absolute atomic E-state index is 0.473. The second kappa shape index (κ2) is 10.4. The SMILES string of the molecule is CN=C(NCc1ccnc(N2CCCC2)c1)NC1CCN(Cc2ccccc2)CC1. The summed E-state index contributed by atoms with van der Waals surface area (Å²) < 4.78 is 0. The van der Waals surface area contributed by atoms with Crippen LogP contribution >= 0.6 is 0 Å². The summed E-state index contributed by atoms with van der Waals surface area (Å²) in [6.07, 6.45) is 6.74. The van der Waals surface area contributed by atoms with Crippen molar-refractivity contribution in [2.45, 2.75) is 44.8 Å². The van der Waals surface area contributed by atoms with E-state index in [2.05, 4.69) is 72.9 Å². The van der Waals surface area contributed by atoms with Gasteiger partial charge in [-0.2, -0.15) is 0 Å². The number of guanidine groups is 1. The summed E-state index contributed by atoms with van der Waals surface area (Å²) in [6.45, 7) is 6.28. The van der Waals surface area contributed by atoms with Crippen molar-refractivity contribution in [3.05, 3.63) is 59.8 Å². The second-order valence-corrected chi connectivity index (χ2v) is 8.32. The molecule has 2 fully saturated rings. The number of likely N-dealkylation sites (tertiary alicyclic amines) is 1. The topological polar surface area (TPSA) is 55.8 Å². The van der Waals surface area contributed by atoms with Gasteiger partial charge in [-0.15, -0.1) is 0 Å². The van der Waals surface area contributed by atoms with Gasteiger partial charge in [-0.1, -0.05) is 30.3 Å². The van der Waals surface area contributed by atoms with E-state index in [0.717, 1.165) is 63.9 Å². The number of pyridine rings is 1. The third kappa shape index (κ3) is 5.72. The molecular weight excluding hydrogens is 372 g/mol. The van der Waals surface area contributed by atoms with Crippen LogP contribution in [0.2, 0.25) is 0 Å². The van der Waals surface area contributed by atoms with Crippen LogP contribution in [0.25, 0.3) is 0 Å². The molecule has 1 aromatic heterocycles. The van der Waals surface area contributed by atoms with Gasteiger partial charge >= 0.3 is 0 Å². The third-order valence-corrected chi connectivity index (χ3v) is 6.10. The minimum atomic E-state index is 0.473. The first-order valence-corrected chi connectivity index (χ1v) is 11.2. The molecule has 0 atom stereocenters. The summed E-state index contributed by atoms with van der Waals surface area (Å²) in [5.74, 6) is 1.98. The van der Waals surface area contributed by atoms with E-state index in [9.17, 15) is 0 Å². The number of nitrogens with zero attached hydrogens (tertiary/aromatic N) is 4. The van der Waals surface area contributed by atoms with Crippen molar-refractivity contribution in [3.8, 4) is 0 Å². The molecule has 4 rings (SSSR count). The lowest BCUT2D eigenvalue weighted by Crippen LogP contribution is -2.48. The van der Waals surface area contributed by atoms with Crippen LogP contribution < -0.4 is 15.5 Å². The van der Waals surface area contributed by atoms with E-state index in [1.807, 2.05) is 13.2 Å². The van der Waals surface area contributed by atoms with E-state index >= 15 is 0 Å². The number of aromatic nitrogens is 1. The van der Waals surface area contributed by atoms with Crippen molar-refractivity contribution in [1.29, 1.82) is 0 Å². The smallest absolute Gasteiger partial charge is 0.191 e. The number of hydrogen-bond acceptors (Lipinski definition) is 4. The zero-order valence-corrected chi connectivity index (χ0v) is 18.1. The number of anilines is 1. The van der Waals surface area contributed by atoms with Crippen LogP contribution in [0.4, 0.5) is 5.82 Å². The van der Waals surface area contributed by atoms with Crippen molar-refractivity contribution in [2.24, 2.45) is 4.99 Å². The molecule has 30 heavy (non-hydrogen) atoms. The molecule has 1 aromatic carbocycles. The predicted molar refractivity (Wildman–Crippen MR) is 124 cm³/mol. The molecule has 6 heteroatoms. The molecule has 2 aromatic rings. The Labute approximate surface area is 180 Å². The first kappa shape index (κ1) is 20.7. The summed E-state index contributed by atoms with van der Waals surface area (Å²) >= 11 is 0. The standard InChI is InChI=1S/C24H34N6/c1-25-24(27-18-21-9-12-26-23(17-21)30-13-5-6-14-30)28-22-10-15-29(16-11-22)19-20-7-3-2-4-8-20/h2-4,7-9,12,17,22H,5-6,10-11,13-16,18-19H2,1H3,(H2,25,27,28). The van der Waals surface area contributed by atoms with Gasteiger partial charge in [0.1, 0.15) is 5.82 Å². The highest BCUT2D eigenvalue weighted by Crippen LogP contribution is 2.18. The monoisotopic (exact) mass is 406 g/mol.